The third kappa shape index (κ3) is 3.58. The molecule has 2 atom stereocenters. The highest BCUT2D eigenvalue weighted by Gasteiger charge is 2.67. The third-order valence-electron chi connectivity index (χ3n) is 9.52. The summed E-state index contributed by atoms with van der Waals surface area (Å²) in [7, 11) is 0. The van der Waals surface area contributed by atoms with E-state index >= 15 is 0 Å². The zero-order chi connectivity index (χ0) is 22.8. The second kappa shape index (κ2) is 8.19. The van der Waals surface area contributed by atoms with Crippen molar-refractivity contribution in [3.63, 3.8) is 0 Å². The van der Waals surface area contributed by atoms with Gasteiger partial charge in [0, 0.05) is 50.9 Å². The van der Waals surface area contributed by atoms with Crippen molar-refractivity contribution in [1.82, 2.24) is 10.2 Å². The van der Waals surface area contributed by atoms with Crippen molar-refractivity contribution in [1.29, 1.82) is 0 Å². The number of amides is 1. The molecule has 1 aromatic rings. The minimum absolute atomic E-state index is 0.265. The number of rotatable bonds is 2. The molecule has 1 aromatic carbocycles. The molecule has 4 bridgehead atoms. The highest BCUT2D eigenvalue weighted by Crippen LogP contribution is 2.64. The van der Waals surface area contributed by atoms with Crippen LogP contribution in [0.25, 0.3) is 0 Å². The summed E-state index contributed by atoms with van der Waals surface area (Å²) in [5.41, 5.74) is 1.18. The van der Waals surface area contributed by atoms with Crippen LogP contribution in [0.1, 0.15) is 69.3 Å². The monoisotopic (exact) mass is 468 g/mol. The molecule has 1 unspecified atom stereocenters. The largest absolute Gasteiger partial charge is 0.415 e. The first-order chi connectivity index (χ1) is 16.6. The zero-order valence-electron chi connectivity index (χ0n) is 19.9. The van der Waals surface area contributed by atoms with Gasteiger partial charge in [-0.3, -0.25) is 0 Å². The Morgan fingerprint density at radius 1 is 1.03 bits per heavy atom. The number of piperazine rings is 1. The van der Waals surface area contributed by atoms with Gasteiger partial charge in [0.1, 0.15) is 5.75 Å². The SMILES string of the molecule is O=C(Oc1cccc([C@@H]2CCCC3(C2)OOC2(O3)C3CC4CC(C3)CC2C4)c1)N1CCNCC1. The first kappa shape index (κ1) is 21.6. The van der Waals surface area contributed by atoms with Crippen molar-refractivity contribution >= 4 is 6.09 Å². The molecule has 2 aliphatic heterocycles. The van der Waals surface area contributed by atoms with Crippen LogP contribution < -0.4 is 10.1 Å². The smallest absolute Gasteiger partial charge is 0.410 e. The van der Waals surface area contributed by atoms with Gasteiger partial charge in [0.25, 0.3) is 0 Å². The minimum Gasteiger partial charge on any atom is -0.410 e. The van der Waals surface area contributed by atoms with Crippen molar-refractivity contribution in [3.05, 3.63) is 29.8 Å². The molecule has 0 radical (unpaired) electrons. The van der Waals surface area contributed by atoms with Crippen LogP contribution in [-0.4, -0.2) is 48.7 Å². The molecule has 1 N–H and O–H groups in total. The molecule has 2 spiro atoms. The molecule has 34 heavy (non-hydrogen) atoms. The van der Waals surface area contributed by atoms with Crippen molar-refractivity contribution in [2.75, 3.05) is 26.2 Å². The molecule has 5 saturated carbocycles. The van der Waals surface area contributed by atoms with E-state index in [1.165, 1.54) is 37.7 Å². The molecule has 2 saturated heterocycles. The fraction of sp³-hybridized carbons (Fsp3) is 0.741. The van der Waals surface area contributed by atoms with Gasteiger partial charge in [-0.05, 0) is 80.4 Å². The molecule has 1 amide bonds. The van der Waals surface area contributed by atoms with Crippen molar-refractivity contribution in [3.8, 4) is 5.75 Å². The normalized spacial score (nSPS) is 43.1. The number of ether oxygens (including phenoxy) is 2. The zero-order valence-corrected chi connectivity index (χ0v) is 19.9. The van der Waals surface area contributed by atoms with E-state index in [1.807, 2.05) is 18.2 Å². The Labute approximate surface area is 201 Å². The fourth-order valence-corrected chi connectivity index (χ4v) is 8.10. The predicted octanol–water partition coefficient (Wildman–Crippen LogP) is 4.58. The van der Waals surface area contributed by atoms with E-state index in [1.54, 1.807) is 4.90 Å². The number of benzene rings is 1. The topological polar surface area (TPSA) is 69.3 Å². The summed E-state index contributed by atoms with van der Waals surface area (Å²) in [6.45, 7) is 2.99. The number of carbonyl (C=O) groups excluding carboxylic acids is 1. The third-order valence-corrected chi connectivity index (χ3v) is 9.52. The maximum Gasteiger partial charge on any atom is 0.415 e. The van der Waals surface area contributed by atoms with Gasteiger partial charge < -0.3 is 19.7 Å². The van der Waals surface area contributed by atoms with Gasteiger partial charge in [-0.2, -0.15) is 9.78 Å². The highest BCUT2D eigenvalue weighted by molar-refractivity contribution is 5.70. The first-order valence-electron chi connectivity index (χ1n) is 13.5. The van der Waals surface area contributed by atoms with Crippen LogP contribution >= 0.6 is 0 Å². The van der Waals surface area contributed by atoms with Crippen LogP contribution in [0.4, 0.5) is 4.79 Å². The highest BCUT2D eigenvalue weighted by atomic mass is 17.3. The molecule has 0 aromatic heterocycles. The molecule has 8 rings (SSSR count). The standard InChI is InChI=1S/C27H36N2O5/c30-25(29-9-7-28-8-10-29)31-24-5-1-3-20(16-24)21-4-2-6-26(17-21)32-27(34-33-26)22-12-18-11-19(14-22)15-23(27)13-18/h1,3,5,16,18-19,21-23,28H,2,4,6-15,17H2/t18?,19?,21-,22?,23?,26?,27?/m1/s1. The molecule has 7 aliphatic rings. The Morgan fingerprint density at radius 3 is 2.56 bits per heavy atom. The Morgan fingerprint density at radius 2 is 1.79 bits per heavy atom. The van der Waals surface area contributed by atoms with E-state index in [4.69, 9.17) is 19.2 Å². The average molecular weight is 469 g/mol. The summed E-state index contributed by atoms with van der Waals surface area (Å²) in [5.74, 6) is 2.43. The summed E-state index contributed by atoms with van der Waals surface area (Å²) >= 11 is 0. The first-order valence-corrected chi connectivity index (χ1v) is 13.5. The lowest BCUT2D eigenvalue weighted by Crippen LogP contribution is -2.59. The molecule has 2 heterocycles. The molecule has 184 valence electrons. The number of nitrogens with zero attached hydrogens (tertiary/aromatic N) is 1. The van der Waals surface area contributed by atoms with Crippen LogP contribution in [0.2, 0.25) is 0 Å². The number of hydrogen-bond acceptors (Lipinski definition) is 6. The number of hydrogen-bond donors (Lipinski definition) is 1. The Hall–Kier alpha value is -1.67. The Balaban J connectivity index is 1.06. The summed E-state index contributed by atoms with van der Waals surface area (Å²) in [6.07, 6.45) is 9.86. The van der Waals surface area contributed by atoms with Gasteiger partial charge >= 0.3 is 6.09 Å². The van der Waals surface area contributed by atoms with Crippen LogP contribution in [0, 0.1) is 23.7 Å². The Bertz CT molecular complexity index is 919. The summed E-state index contributed by atoms with van der Waals surface area (Å²) in [4.78, 5) is 26.7. The molecule has 7 fully saturated rings. The van der Waals surface area contributed by atoms with Gasteiger partial charge in [-0.15, -0.1) is 0 Å². The van der Waals surface area contributed by atoms with E-state index in [9.17, 15) is 4.79 Å². The van der Waals surface area contributed by atoms with E-state index in [-0.39, 0.29) is 6.09 Å². The van der Waals surface area contributed by atoms with Gasteiger partial charge in [-0.1, -0.05) is 12.1 Å². The van der Waals surface area contributed by atoms with E-state index in [2.05, 4.69) is 11.4 Å². The van der Waals surface area contributed by atoms with Crippen LogP contribution in [-0.2, 0) is 14.5 Å². The van der Waals surface area contributed by atoms with Gasteiger partial charge in [0.2, 0.25) is 11.6 Å². The lowest BCUT2D eigenvalue weighted by Gasteiger charge is -2.57. The lowest BCUT2D eigenvalue weighted by atomic mass is 9.53. The maximum atomic E-state index is 12.6. The summed E-state index contributed by atoms with van der Waals surface area (Å²) < 4.78 is 12.7. The van der Waals surface area contributed by atoms with Crippen LogP contribution in [0.15, 0.2) is 24.3 Å². The van der Waals surface area contributed by atoms with E-state index < -0.39 is 11.6 Å². The molecule has 7 heteroatoms. The number of nitrogens with one attached hydrogen (secondary N) is 1. The van der Waals surface area contributed by atoms with Crippen molar-refractivity contribution in [2.45, 2.75) is 75.3 Å². The Kier molecular flexibility index (Phi) is 5.20. The predicted molar refractivity (Wildman–Crippen MR) is 124 cm³/mol. The van der Waals surface area contributed by atoms with Gasteiger partial charge in [0.05, 0.1) is 0 Å². The second-order valence-electron chi connectivity index (χ2n) is 11.7. The summed E-state index contributed by atoms with van der Waals surface area (Å²) in [6, 6.07) is 8.03. The van der Waals surface area contributed by atoms with Crippen LogP contribution in [0.3, 0.4) is 0 Å². The van der Waals surface area contributed by atoms with Gasteiger partial charge in [0.15, 0.2) is 0 Å². The lowest BCUT2D eigenvalue weighted by molar-refractivity contribution is -0.390. The fourth-order valence-electron chi connectivity index (χ4n) is 8.10. The minimum atomic E-state index is -0.647. The van der Waals surface area contributed by atoms with Gasteiger partial charge in [-0.25, -0.2) is 4.79 Å². The second-order valence-corrected chi connectivity index (χ2v) is 11.7. The molecule has 7 nitrogen and oxygen atoms in total. The van der Waals surface area contributed by atoms with Crippen molar-refractivity contribution < 1.29 is 24.0 Å². The average Bonchev–Trinajstić information content (AvgIpc) is 3.22. The van der Waals surface area contributed by atoms with E-state index in [0.29, 0.717) is 36.6 Å². The number of carbonyl (C=O) groups is 1. The summed E-state index contributed by atoms with van der Waals surface area (Å²) in [5, 5.41) is 3.26. The van der Waals surface area contributed by atoms with Crippen LogP contribution in [0.5, 0.6) is 5.75 Å². The molecule has 5 aliphatic carbocycles. The quantitative estimate of drug-likeness (QED) is 0.641. The molecular formula is C27H36N2O5. The van der Waals surface area contributed by atoms with E-state index in [0.717, 1.165) is 50.6 Å². The van der Waals surface area contributed by atoms with Crippen molar-refractivity contribution in [2.24, 2.45) is 23.7 Å². The maximum absolute atomic E-state index is 12.6. The molecular weight excluding hydrogens is 432 g/mol.